The standard InChI is InChI=1S/C13H19BrN2O2S/c1-9(2)12-4-3-7-16(12)19(17,18)13-6-5-10(14)8-11(13)15/h5-6,8-9,12H,3-4,7,15H2,1-2H3. The summed E-state index contributed by atoms with van der Waals surface area (Å²) in [5.74, 6) is 0.314. The van der Waals surface area contributed by atoms with Crippen molar-refractivity contribution >= 4 is 31.6 Å². The van der Waals surface area contributed by atoms with Gasteiger partial charge in [0.25, 0.3) is 0 Å². The highest BCUT2D eigenvalue weighted by Crippen LogP contribution is 2.33. The summed E-state index contributed by atoms with van der Waals surface area (Å²) >= 11 is 3.29. The lowest BCUT2D eigenvalue weighted by atomic mass is 10.0. The predicted octanol–water partition coefficient (Wildman–Crippen LogP) is 2.84. The Morgan fingerprint density at radius 1 is 1.42 bits per heavy atom. The number of anilines is 1. The van der Waals surface area contributed by atoms with Crippen LogP contribution in [0.2, 0.25) is 0 Å². The molecule has 1 heterocycles. The lowest BCUT2D eigenvalue weighted by Crippen LogP contribution is -2.38. The number of benzene rings is 1. The van der Waals surface area contributed by atoms with Gasteiger partial charge in [0, 0.05) is 17.1 Å². The van der Waals surface area contributed by atoms with E-state index in [9.17, 15) is 8.42 Å². The molecule has 19 heavy (non-hydrogen) atoms. The number of halogens is 1. The first-order chi connectivity index (χ1) is 8.84. The second-order valence-electron chi connectivity index (χ2n) is 5.25. The zero-order valence-corrected chi connectivity index (χ0v) is 13.5. The molecule has 0 spiro atoms. The van der Waals surface area contributed by atoms with Crippen molar-refractivity contribution in [1.29, 1.82) is 0 Å². The van der Waals surface area contributed by atoms with Crippen LogP contribution in [0.4, 0.5) is 5.69 Å². The molecule has 2 N–H and O–H groups in total. The zero-order valence-electron chi connectivity index (χ0n) is 11.1. The van der Waals surface area contributed by atoms with Crippen LogP contribution in [-0.2, 0) is 10.0 Å². The van der Waals surface area contributed by atoms with E-state index in [0.29, 0.717) is 18.2 Å². The average molecular weight is 347 g/mol. The molecule has 1 saturated heterocycles. The summed E-state index contributed by atoms with van der Waals surface area (Å²) in [6, 6.07) is 5.00. The molecule has 0 saturated carbocycles. The second-order valence-corrected chi connectivity index (χ2v) is 8.03. The molecule has 0 aromatic heterocycles. The highest BCUT2D eigenvalue weighted by molar-refractivity contribution is 9.10. The molecule has 1 aliphatic rings. The summed E-state index contributed by atoms with van der Waals surface area (Å²) in [4.78, 5) is 0.211. The second kappa shape index (κ2) is 5.42. The summed E-state index contributed by atoms with van der Waals surface area (Å²) in [5, 5.41) is 0. The summed E-state index contributed by atoms with van der Waals surface area (Å²) in [7, 11) is -3.49. The molecule has 6 heteroatoms. The third-order valence-electron chi connectivity index (χ3n) is 3.58. The molecular formula is C13H19BrN2O2S. The number of sulfonamides is 1. The molecule has 1 atom stereocenters. The van der Waals surface area contributed by atoms with E-state index in [1.54, 1.807) is 22.5 Å². The van der Waals surface area contributed by atoms with Crippen molar-refractivity contribution in [2.75, 3.05) is 12.3 Å². The lowest BCUT2D eigenvalue weighted by Gasteiger charge is -2.27. The van der Waals surface area contributed by atoms with Gasteiger partial charge in [0.05, 0.1) is 5.69 Å². The van der Waals surface area contributed by atoms with Crippen molar-refractivity contribution in [2.24, 2.45) is 5.92 Å². The van der Waals surface area contributed by atoms with Crippen LogP contribution >= 0.6 is 15.9 Å². The monoisotopic (exact) mass is 346 g/mol. The SMILES string of the molecule is CC(C)C1CCCN1S(=O)(=O)c1ccc(Br)cc1N. The number of nitrogens with two attached hydrogens (primary N) is 1. The molecule has 106 valence electrons. The molecule has 1 aromatic carbocycles. The predicted molar refractivity (Wildman–Crippen MR) is 80.3 cm³/mol. The highest BCUT2D eigenvalue weighted by atomic mass is 79.9. The Morgan fingerprint density at radius 3 is 2.68 bits per heavy atom. The van der Waals surface area contributed by atoms with E-state index in [1.165, 1.54) is 0 Å². The van der Waals surface area contributed by atoms with Crippen molar-refractivity contribution in [3.63, 3.8) is 0 Å². The fourth-order valence-electron chi connectivity index (χ4n) is 2.61. The van der Waals surface area contributed by atoms with Crippen LogP contribution in [0.5, 0.6) is 0 Å². The van der Waals surface area contributed by atoms with Crippen LogP contribution in [0.3, 0.4) is 0 Å². The largest absolute Gasteiger partial charge is 0.398 e. The van der Waals surface area contributed by atoms with Gasteiger partial charge in [-0.25, -0.2) is 8.42 Å². The van der Waals surface area contributed by atoms with Crippen LogP contribution in [0.1, 0.15) is 26.7 Å². The van der Waals surface area contributed by atoms with Gasteiger partial charge in [0.1, 0.15) is 4.90 Å². The average Bonchev–Trinajstić information content (AvgIpc) is 2.77. The Bertz CT molecular complexity index is 572. The van der Waals surface area contributed by atoms with Crippen LogP contribution in [-0.4, -0.2) is 25.3 Å². The lowest BCUT2D eigenvalue weighted by molar-refractivity contribution is 0.316. The van der Waals surface area contributed by atoms with Crippen LogP contribution in [0, 0.1) is 5.92 Å². The minimum Gasteiger partial charge on any atom is -0.398 e. The maximum Gasteiger partial charge on any atom is 0.245 e. The topological polar surface area (TPSA) is 63.4 Å². The van der Waals surface area contributed by atoms with Gasteiger partial charge in [0.15, 0.2) is 0 Å². The first-order valence-corrected chi connectivity index (χ1v) is 8.64. The molecule has 0 amide bonds. The van der Waals surface area contributed by atoms with Crippen molar-refractivity contribution in [3.8, 4) is 0 Å². The van der Waals surface area contributed by atoms with Gasteiger partial charge in [-0.2, -0.15) is 4.31 Å². The van der Waals surface area contributed by atoms with E-state index in [1.807, 2.05) is 0 Å². The molecule has 1 aromatic rings. The van der Waals surface area contributed by atoms with Crippen molar-refractivity contribution in [2.45, 2.75) is 37.6 Å². The fraction of sp³-hybridized carbons (Fsp3) is 0.538. The normalized spacial score (nSPS) is 21.2. The number of hydrogen-bond donors (Lipinski definition) is 1. The van der Waals surface area contributed by atoms with E-state index in [-0.39, 0.29) is 10.9 Å². The van der Waals surface area contributed by atoms with E-state index in [4.69, 9.17) is 5.73 Å². The summed E-state index contributed by atoms with van der Waals surface area (Å²) in [6.07, 6.45) is 1.84. The molecule has 1 fully saturated rings. The van der Waals surface area contributed by atoms with Crippen LogP contribution in [0.25, 0.3) is 0 Å². The van der Waals surface area contributed by atoms with Gasteiger partial charge in [-0.15, -0.1) is 0 Å². The maximum atomic E-state index is 12.7. The third kappa shape index (κ3) is 2.80. The van der Waals surface area contributed by atoms with Gasteiger partial charge in [0.2, 0.25) is 10.0 Å². The molecule has 1 aliphatic heterocycles. The number of nitrogen functional groups attached to an aromatic ring is 1. The van der Waals surface area contributed by atoms with Gasteiger partial charge in [-0.3, -0.25) is 0 Å². The summed E-state index contributed by atoms with van der Waals surface area (Å²) in [5.41, 5.74) is 6.16. The number of hydrogen-bond acceptors (Lipinski definition) is 3. The van der Waals surface area contributed by atoms with Crippen LogP contribution < -0.4 is 5.73 Å². The van der Waals surface area contributed by atoms with E-state index >= 15 is 0 Å². The Morgan fingerprint density at radius 2 is 2.11 bits per heavy atom. The van der Waals surface area contributed by atoms with E-state index in [2.05, 4.69) is 29.8 Å². The Hall–Kier alpha value is -0.590. The van der Waals surface area contributed by atoms with E-state index in [0.717, 1.165) is 17.3 Å². The minimum atomic E-state index is -3.49. The first-order valence-electron chi connectivity index (χ1n) is 6.41. The van der Waals surface area contributed by atoms with Crippen LogP contribution in [0.15, 0.2) is 27.6 Å². The Labute approximate surface area is 123 Å². The van der Waals surface area contributed by atoms with E-state index < -0.39 is 10.0 Å². The molecule has 0 radical (unpaired) electrons. The highest BCUT2D eigenvalue weighted by Gasteiger charge is 2.37. The van der Waals surface area contributed by atoms with Crippen molar-refractivity contribution < 1.29 is 8.42 Å². The first kappa shape index (κ1) is 14.8. The van der Waals surface area contributed by atoms with Crippen molar-refractivity contribution in [3.05, 3.63) is 22.7 Å². The fourth-order valence-corrected chi connectivity index (χ4v) is 4.91. The molecule has 2 rings (SSSR count). The number of nitrogens with zero attached hydrogens (tertiary/aromatic N) is 1. The molecule has 4 nitrogen and oxygen atoms in total. The minimum absolute atomic E-state index is 0.0769. The quantitative estimate of drug-likeness (QED) is 0.856. The zero-order chi connectivity index (χ0) is 14.2. The van der Waals surface area contributed by atoms with Gasteiger partial charge >= 0.3 is 0 Å². The maximum absolute atomic E-state index is 12.7. The Kier molecular flexibility index (Phi) is 4.23. The third-order valence-corrected chi connectivity index (χ3v) is 6.07. The molecule has 1 unspecified atom stereocenters. The summed E-state index contributed by atoms with van der Waals surface area (Å²) < 4.78 is 27.8. The smallest absolute Gasteiger partial charge is 0.245 e. The molecule has 0 aliphatic carbocycles. The molecular weight excluding hydrogens is 328 g/mol. The van der Waals surface area contributed by atoms with Gasteiger partial charge in [-0.05, 0) is 37.0 Å². The summed E-state index contributed by atoms with van der Waals surface area (Å²) in [6.45, 7) is 4.70. The molecule has 0 bridgehead atoms. The Balaban J connectivity index is 2.42. The van der Waals surface area contributed by atoms with Crippen molar-refractivity contribution in [1.82, 2.24) is 4.31 Å². The van der Waals surface area contributed by atoms with Gasteiger partial charge < -0.3 is 5.73 Å². The number of rotatable bonds is 3. The van der Waals surface area contributed by atoms with Gasteiger partial charge in [-0.1, -0.05) is 29.8 Å².